The number of benzene rings is 2. The molecular weight excluding hydrogens is 545 g/mol. The van der Waals surface area contributed by atoms with E-state index >= 15 is 0 Å². The van der Waals surface area contributed by atoms with Gasteiger partial charge in [0.05, 0.1) is 29.4 Å². The molecule has 8 nitrogen and oxygen atoms in total. The van der Waals surface area contributed by atoms with E-state index in [1.807, 2.05) is 6.26 Å². The fourth-order valence-electron chi connectivity index (χ4n) is 4.32. The summed E-state index contributed by atoms with van der Waals surface area (Å²) in [5, 5.41) is 3.19. The average molecular weight is 575 g/mol. The number of nitrogens with zero attached hydrogens (tertiary/aromatic N) is 1. The van der Waals surface area contributed by atoms with Gasteiger partial charge in [0.25, 0.3) is 10.0 Å². The smallest absolute Gasteiger partial charge is 0.341 e. The van der Waals surface area contributed by atoms with Crippen LogP contribution in [0.15, 0.2) is 58.3 Å². The van der Waals surface area contributed by atoms with Crippen LogP contribution in [0.3, 0.4) is 0 Å². The van der Waals surface area contributed by atoms with E-state index in [1.54, 1.807) is 50.2 Å². The highest BCUT2D eigenvalue weighted by atomic mass is 32.2. The molecule has 0 saturated carbocycles. The first-order valence-electron chi connectivity index (χ1n) is 12.3. The second kappa shape index (κ2) is 12.2. The van der Waals surface area contributed by atoms with Crippen LogP contribution in [0, 0.1) is 0 Å². The number of ether oxygens (including phenoxy) is 2. The predicted molar refractivity (Wildman–Crippen MR) is 151 cm³/mol. The van der Waals surface area contributed by atoms with E-state index in [2.05, 4.69) is 5.32 Å². The number of aryl methyl sites for hydroxylation is 1. The number of amides is 1. The SMILES string of the molecule is CCOC(=O)c1c(NC(=O)CN(c2ccccc2OCC)S(=O)(=O)c2ccc(SC)cc2)sc2c1CCC2. The molecule has 38 heavy (non-hydrogen) atoms. The van der Waals surface area contributed by atoms with Gasteiger partial charge in [-0.3, -0.25) is 9.10 Å². The number of thiophene rings is 1. The van der Waals surface area contributed by atoms with E-state index in [4.69, 9.17) is 9.47 Å². The van der Waals surface area contributed by atoms with Gasteiger partial charge in [0.1, 0.15) is 17.3 Å². The number of thioether (sulfide) groups is 1. The van der Waals surface area contributed by atoms with Crippen LogP contribution in [0.2, 0.25) is 0 Å². The quantitative estimate of drug-likeness (QED) is 0.243. The molecular formula is C27H30N2O6S3. The van der Waals surface area contributed by atoms with E-state index in [-0.39, 0.29) is 17.2 Å². The van der Waals surface area contributed by atoms with E-state index in [0.717, 1.165) is 38.9 Å². The van der Waals surface area contributed by atoms with E-state index in [0.29, 0.717) is 22.9 Å². The zero-order valence-electron chi connectivity index (χ0n) is 21.5. The highest BCUT2D eigenvalue weighted by Gasteiger charge is 2.32. The van der Waals surface area contributed by atoms with Crippen molar-refractivity contribution in [1.29, 1.82) is 0 Å². The van der Waals surface area contributed by atoms with Crippen molar-refractivity contribution in [3.63, 3.8) is 0 Å². The molecule has 1 aliphatic rings. The number of rotatable bonds is 11. The van der Waals surface area contributed by atoms with Crippen molar-refractivity contribution in [1.82, 2.24) is 0 Å². The van der Waals surface area contributed by atoms with Gasteiger partial charge in [0.2, 0.25) is 5.91 Å². The van der Waals surface area contributed by atoms with Crippen LogP contribution in [0.5, 0.6) is 5.75 Å². The zero-order chi connectivity index (χ0) is 27.3. The third-order valence-electron chi connectivity index (χ3n) is 6.02. The van der Waals surface area contributed by atoms with Crippen LogP contribution in [-0.2, 0) is 32.4 Å². The minimum Gasteiger partial charge on any atom is -0.492 e. The molecule has 0 fully saturated rings. The Morgan fingerprint density at radius 2 is 1.79 bits per heavy atom. The lowest BCUT2D eigenvalue weighted by Crippen LogP contribution is -2.38. The summed E-state index contributed by atoms with van der Waals surface area (Å²) in [7, 11) is -4.14. The van der Waals surface area contributed by atoms with Gasteiger partial charge < -0.3 is 14.8 Å². The van der Waals surface area contributed by atoms with Crippen molar-refractivity contribution in [2.75, 3.05) is 35.6 Å². The molecule has 1 aromatic heterocycles. The van der Waals surface area contributed by atoms with Crippen LogP contribution in [-0.4, -0.2) is 46.3 Å². The van der Waals surface area contributed by atoms with Crippen molar-refractivity contribution < 1.29 is 27.5 Å². The minimum absolute atomic E-state index is 0.0525. The third kappa shape index (κ3) is 5.84. The van der Waals surface area contributed by atoms with Crippen LogP contribution >= 0.6 is 23.1 Å². The highest BCUT2D eigenvalue weighted by Crippen LogP contribution is 2.40. The largest absolute Gasteiger partial charge is 0.492 e. The molecule has 0 unspecified atom stereocenters. The number of nitrogens with one attached hydrogen (secondary N) is 1. The lowest BCUT2D eigenvalue weighted by atomic mass is 10.1. The summed E-state index contributed by atoms with van der Waals surface area (Å²) < 4.78 is 39.7. The summed E-state index contributed by atoms with van der Waals surface area (Å²) in [6.07, 6.45) is 4.42. The van der Waals surface area contributed by atoms with Gasteiger partial charge in [-0.2, -0.15) is 0 Å². The minimum atomic E-state index is -4.14. The molecule has 0 bridgehead atoms. The van der Waals surface area contributed by atoms with Crippen LogP contribution in [0.4, 0.5) is 10.7 Å². The fraction of sp³-hybridized carbons (Fsp3) is 0.333. The number of carbonyl (C=O) groups is 2. The van der Waals surface area contributed by atoms with E-state index in [9.17, 15) is 18.0 Å². The fourth-order valence-corrected chi connectivity index (χ4v) is 7.46. The molecule has 0 atom stereocenters. The van der Waals surface area contributed by atoms with Crippen LogP contribution < -0.4 is 14.4 Å². The topological polar surface area (TPSA) is 102 Å². The van der Waals surface area contributed by atoms with Gasteiger partial charge in [-0.05, 0) is 81.3 Å². The van der Waals surface area contributed by atoms with E-state index < -0.39 is 28.4 Å². The zero-order valence-corrected chi connectivity index (χ0v) is 23.9. The van der Waals surface area contributed by atoms with E-state index in [1.165, 1.54) is 35.2 Å². The van der Waals surface area contributed by atoms with Gasteiger partial charge in [-0.25, -0.2) is 13.2 Å². The number of esters is 1. The molecule has 1 N–H and O–H groups in total. The van der Waals surface area contributed by atoms with Crippen molar-refractivity contribution in [2.45, 2.75) is 42.9 Å². The Bertz CT molecular complexity index is 1420. The lowest BCUT2D eigenvalue weighted by molar-refractivity contribution is -0.114. The lowest BCUT2D eigenvalue weighted by Gasteiger charge is -2.26. The molecule has 1 heterocycles. The summed E-state index contributed by atoms with van der Waals surface area (Å²) >= 11 is 2.85. The van der Waals surface area contributed by atoms with Gasteiger partial charge in [0.15, 0.2) is 0 Å². The first-order chi connectivity index (χ1) is 18.3. The summed E-state index contributed by atoms with van der Waals surface area (Å²) in [4.78, 5) is 28.1. The number of para-hydroxylation sites is 2. The standard InChI is InChI=1S/C27H30N2O6S3/c1-4-34-22-11-7-6-10-21(22)29(38(32,33)19-15-13-18(36-3)14-16-19)17-24(30)28-26-25(27(31)35-5-2)20-9-8-12-23(20)37-26/h6-7,10-11,13-16H,4-5,8-9,12,17H2,1-3H3,(H,28,30). The first-order valence-corrected chi connectivity index (χ1v) is 15.8. The van der Waals surface area contributed by atoms with Gasteiger partial charge in [-0.1, -0.05) is 12.1 Å². The number of carbonyl (C=O) groups excluding carboxylic acids is 2. The molecule has 0 aliphatic heterocycles. The average Bonchev–Trinajstić information content (AvgIpc) is 3.49. The Kier molecular flexibility index (Phi) is 9.01. The molecule has 0 spiro atoms. The molecule has 0 radical (unpaired) electrons. The predicted octanol–water partition coefficient (Wildman–Crippen LogP) is 5.37. The summed E-state index contributed by atoms with van der Waals surface area (Å²) in [5.41, 5.74) is 1.52. The number of sulfonamides is 1. The molecule has 1 aliphatic carbocycles. The highest BCUT2D eigenvalue weighted by molar-refractivity contribution is 7.98. The summed E-state index contributed by atoms with van der Waals surface area (Å²) in [6.45, 7) is 3.56. The molecule has 2 aromatic carbocycles. The molecule has 1 amide bonds. The monoisotopic (exact) mass is 574 g/mol. The second-order valence-electron chi connectivity index (χ2n) is 8.42. The third-order valence-corrected chi connectivity index (χ3v) is 9.75. The summed E-state index contributed by atoms with van der Waals surface area (Å²) in [6, 6.07) is 13.2. The van der Waals surface area contributed by atoms with Crippen molar-refractivity contribution in [3.05, 3.63) is 64.5 Å². The Hall–Kier alpha value is -3.02. The maximum atomic E-state index is 13.9. The molecule has 11 heteroatoms. The molecule has 4 rings (SSSR count). The number of hydrogen-bond acceptors (Lipinski definition) is 8. The normalized spacial score (nSPS) is 12.6. The Morgan fingerprint density at radius 1 is 1.05 bits per heavy atom. The first kappa shape index (κ1) is 28.0. The second-order valence-corrected chi connectivity index (χ2v) is 12.3. The number of fused-ring (bicyclic) bond motifs is 1. The summed E-state index contributed by atoms with van der Waals surface area (Å²) in [5.74, 6) is -0.720. The Labute approximate surface area is 231 Å². The van der Waals surface area contributed by atoms with Gasteiger partial charge in [0, 0.05) is 9.77 Å². The maximum Gasteiger partial charge on any atom is 0.341 e. The van der Waals surface area contributed by atoms with Crippen molar-refractivity contribution >= 4 is 55.7 Å². The molecule has 3 aromatic rings. The van der Waals surface area contributed by atoms with Gasteiger partial charge >= 0.3 is 5.97 Å². The van der Waals surface area contributed by atoms with Crippen molar-refractivity contribution in [3.8, 4) is 5.75 Å². The molecule has 0 saturated heterocycles. The van der Waals surface area contributed by atoms with Crippen LogP contribution in [0.1, 0.15) is 41.1 Å². The Balaban J connectivity index is 1.70. The maximum absolute atomic E-state index is 13.9. The van der Waals surface area contributed by atoms with Gasteiger partial charge in [-0.15, -0.1) is 23.1 Å². The molecule has 202 valence electrons. The number of hydrogen-bond donors (Lipinski definition) is 1. The Morgan fingerprint density at radius 3 is 2.47 bits per heavy atom. The van der Waals surface area contributed by atoms with Crippen molar-refractivity contribution in [2.24, 2.45) is 0 Å². The van der Waals surface area contributed by atoms with Crippen LogP contribution in [0.25, 0.3) is 0 Å². The number of anilines is 2.